The molecule has 2 nitrogen and oxygen atoms in total. The minimum atomic E-state index is 0.657. The third-order valence-corrected chi connectivity index (χ3v) is 3.75. The SMILES string of the molecule is CCCCCC(CN)N1CCC(C)CC1. The van der Waals surface area contributed by atoms with Crippen LogP contribution in [0.4, 0.5) is 0 Å². The molecule has 0 saturated carbocycles. The van der Waals surface area contributed by atoms with Gasteiger partial charge in [0, 0.05) is 12.6 Å². The summed E-state index contributed by atoms with van der Waals surface area (Å²) in [4.78, 5) is 2.62. The molecule has 0 spiro atoms. The largest absolute Gasteiger partial charge is 0.329 e. The molecule has 1 unspecified atom stereocenters. The fourth-order valence-electron chi connectivity index (χ4n) is 2.47. The smallest absolute Gasteiger partial charge is 0.0218 e. The second-order valence-corrected chi connectivity index (χ2v) is 5.10. The highest BCUT2D eigenvalue weighted by Gasteiger charge is 2.21. The van der Waals surface area contributed by atoms with Crippen molar-refractivity contribution < 1.29 is 0 Å². The van der Waals surface area contributed by atoms with E-state index in [4.69, 9.17) is 5.73 Å². The van der Waals surface area contributed by atoms with E-state index < -0.39 is 0 Å². The Hall–Kier alpha value is -0.0800. The number of piperidine rings is 1. The molecule has 2 heteroatoms. The molecule has 1 aliphatic rings. The Morgan fingerprint density at radius 2 is 1.93 bits per heavy atom. The Kier molecular flexibility index (Phi) is 6.26. The number of nitrogens with two attached hydrogens (primary N) is 1. The summed E-state index contributed by atoms with van der Waals surface area (Å²) in [6, 6.07) is 0.657. The summed E-state index contributed by atoms with van der Waals surface area (Å²) in [6.07, 6.45) is 8.06. The van der Waals surface area contributed by atoms with Gasteiger partial charge in [0.1, 0.15) is 0 Å². The minimum absolute atomic E-state index is 0.657. The van der Waals surface area contributed by atoms with Crippen LogP contribution in [0.1, 0.15) is 52.4 Å². The third-order valence-electron chi connectivity index (χ3n) is 3.75. The van der Waals surface area contributed by atoms with Gasteiger partial charge in [-0.05, 0) is 38.3 Å². The van der Waals surface area contributed by atoms with E-state index in [1.807, 2.05) is 0 Å². The van der Waals surface area contributed by atoms with E-state index in [2.05, 4.69) is 18.7 Å². The third kappa shape index (κ3) is 4.52. The van der Waals surface area contributed by atoms with E-state index in [9.17, 15) is 0 Å². The highest BCUT2D eigenvalue weighted by molar-refractivity contribution is 4.77. The highest BCUT2D eigenvalue weighted by Crippen LogP contribution is 2.20. The second-order valence-electron chi connectivity index (χ2n) is 5.10. The van der Waals surface area contributed by atoms with Crippen LogP contribution in [-0.2, 0) is 0 Å². The summed E-state index contributed by atoms with van der Waals surface area (Å²) < 4.78 is 0. The average molecular weight is 212 g/mol. The molecule has 1 saturated heterocycles. The van der Waals surface area contributed by atoms with Crippen molar-refractivity contribution in [2.45, 2.75) is 58.4 Å². The van der Waals surface area contributed by atoms with Gasteiger partial charge in [0.2, 0.25) is 0 Å². The van der Waals surface area contributed by atoms with E-state index in [1.165, 1.54) is 51.6 Å². The summed E-state index contributed by atoms with van der Waals surface area (Å²) in [6.45, 7) is 8.02. The van der Waals surface area contributed by atoms with Crippen molar-refractivity contribution in [3.8, 4) is 0 Å². The van der Waals surface area contributed by atoms with E-state index in [0.717, 1.165) is 12.5 Å². The molecule has 0 aromatic heterocycles. The molecular formula is C13H28N2. The van der Waals surface area contributed by atoms with Crippen molar-refractivity contribution in [1.29, 1.82) is 0 Å². The van der Waals surface area contributed by atoms with Gasteiger partial charge >= 0.3 is 0 Å². The first kappa shape index (κ1) is 13.0. The quantitative estimate of drug-likeness (QED) is 0.686. The van der Waals surface area contributed by atoms with Gasteiger partial charge in [0.25, 0.3) is 0 Å². The molecule has 2 N–H and O–H groups in total. The first-order chi connectivity index (χ1) is 7.27. The van der Waals surface area contributed by atoms with E-state index in [0.29, 0.717) is 6.04 Å². The Labute approximate surface area is 95.2 Å². The lowest BCUT2D eigenvalue weighted by molar-refractivity contribution is 0.133. The summed E-state index contributed by atoms with van der Waals surface area (Å²) >= 11 is 0. The van der Waals surface area contributed by atoms with Gasteiger partial charge in [0.15, 0.2) is 0 Å². The molecule has 0 amide bonds. The van der Waals surface area contributed by atoms with Gasteiger partial charge in [0.05, 0.1) is 0 Å². The highest BCUT2D eigenvalue weighted by atomic mass is 15.2. The first-order valence-electron chi connectivity index (χ1n) is 6.72. The van der Waals surface area contributed by atoms with Crippen LogP contribution in [0.5, 0.6) is 0 Å². The fourth-order valence-corrected chi connectivity index (χ4v) is 2.47. The van der Waals surface area contributed by atoms with Crippen LogP contribution in [0.15, 0.2) is 0 Å². The molecule has 0 radical (unpaired) electrons. The number of hydrogen-bond donors (Lipinski definition) is 1. The monoisotopic (exact) mass is 212 g/mol. The molecule has 0 aliphatic carbocycles. The van der Waals surface area contributed by atoms with Crippen LogP contribution in [0.3, 0.4) is 0 Å². The Morgan fingerprint density at radius 3 is 2.47 bits per heavy atom. The van der Waals surface area contributed by atoms with Gasteiger partial charge in [-0.3, -0.25) is 4.90 Å². The lowest BCUT2D eigenvalue weighted by Crippen LogP contribution is -2.44. The zero-order valence-electron chi connectivity index (χ0n) is 10.5. The van der Waals surface area contributed by atoms with Gasteiger partial charge in [-0.2, -0.15) is 0 Å². The molecule has 0 bridgehead atoms. The predicted octanol–water partition coefficient (Wildman–Crippen LogP) is 2.63. The summed E-state index contributed by atoms with van der Waals surface area (Å²) in [5.41, 5.74) is 5.88. The van der Waals surface area contributed by atoms with Crippen LogP contribution in [0.25, 0.3) is 0 Å². The van der Waals surface area contributed by atoms with E-state index in [1.54, 1.807) is 0 Å². The van der Waals surface area contributed by atoms with Gasteiger partial charge in [-0.15, -0.1) is 0 Å². The van der Waals surface area contributed by atoms with Crippen molar-refractivity contribution in [2.24, 2.45) is 11.7 Å². The molecule has 0 aromatic carbocycles. The van der Waals surface area contributed by atoms with Crippen LogP contribution in [0.2, 0.25) is 0 Å². The molecule has 15 heavy (non-hydrogen) atoms. The average Bonchev–Trinajstić information content (AvgIpc) is 2.26. The molecule has 1 atom stereocenters. The predicted molar refractivity (Wildman–Crippen MR) is 67.0 cm³/mol. The zero-order chi connectivity index (χ0) is 11.1. The molecule has 1 fully saturated rings. The first-order valence-corrected chi connectivity index (χ1v) is 6.72. The van der Waals surface area contributed by atoms with E-state index in [-0.39, 0.29) is 0 Å². The molecule has 1 heterocycles. The van der Waals surface area contributed by atoms with Crippen LogP contribution >= 0.6 is 0 Å². The van der Waals surface area contributed by atoms with Crippen molar-refractivity contribution in [3.05, 3.63) is 0 Å². The summed E-state index contributed by atoms with van der Waals surface area (Å²) in [5, 5.41) is 0. The maximum atomic E-state index is 5.88. The molecule has 1 aliphatic heterocycles. The number of rotatable bonds is 6. The van der Waals surface area contributed by atoms with Gasteiger partial charge in [-0.1, -0.05) is 33.1 Å². The molecule has 0 aromatic rings. The second kappa shape index (κ2) is 7.24. The summed E-state index contributed by atoms with van der Waals surface area (Å²) in [5.74, 6) is 0.926. The van der Waals surface area contributed by atoms with Crippen molar-refractivity contribution in [1.82, 2.24) is 4.90 Å². The van der Waals surface area contributed by atoms with Crippen molar-refractivity contribution in [3.63, 3.8) is 0 Å². The molecule has 90 valence electrons. The topological polar surface area (TPSA) is 29.3 Å². The number of likely N-dealkylation sites (tertiary alicyclic amines) is 1. The lowest BCUT2D eigenvalue weighted by atomic mass is 9.96. The maximum Gasteiger partial charge on any atom is 0.0218 e. The van der Waals surface area contributed by atoms with Crippen molar-refractivity contribution >= 4 is 0 Å². The summed E-state index contributed by atoms with van der Waals surface area (Å²) in [7, 11) is 0. The molecular weight excluding hydrogens is 184 g/mol. The Balaban J connectivity index is 2.24. The van der Waals surface area contributed by atoms with Crippen LogP contribution in [0, 0.1) is 5.92 Å². The van der Waals surface area contributed by atoms with Crippen molar-refractivity contribution in [2.75, 3.05) is 19.6 Å². The van der Waals surface area contributed by atoms with Crippen LogP contribution in [-0.4, -0.2) is 30.6 Å². The number of nitrogens with zero attached hydrogens (tertiary/aromatic N) is 1. The van der Waals surface area contributed by atoms with Gasteiger partial charge in [-0.25, -0.2) is 0 Å². The number of unbranched alkanes of at least 4 members (excludes halogenated alkanes) is 2. The Morgan fingerprint density at radius 1 is 1.27 bits per heavy atom. The van der Waals surface area contributed by atoms with Crippen LogP contribution < -0.4 is 5.73 Å². The molecule has 1 rings (SSSR count). The maximum absolute atomic E-state index is 5.88. The fraction of sp³-hybridized carbons (Fsp3) is 1.00. The standard InChI is InChI=1S/C13H28N2/c1-3-4-5-6-13(11-14)15-9-7-12(2)8-10-15/h12-13H,3-11,14H2,1-2H3. The Bertz CT molecular complexity index is 151. The van der Waals surface area contributed by atoms with Gasteiger partial charge < -0.3 is 5.73 Å². The minimum Gasteiger partial charge on any atom is -0.329 e. The lowest BCUT2D eigenvalue weighted by Gasteiger charge is -2.36. The van der Waals surface area contributed by atoms with E-state index >= 15 is 0 Å². The zero-order valence-corrected chi connectivity index (χ0v) is 10.5. The normalized spacial score (nSPS) is 21.8. The number of hydrogen-bond acceptors (Lipinski definition) is 2.